The van der Waals surface area contributed by atoms with Gasteiger partial charge in [-0.05, 0) is 35.4 Å². The van der Waals surface area contributed by atoms with Crippen molar-refractivity contribution in [2.24, 2.45) is 0 Å². The van der Waals surface area contributed by atoms with Crippen LogP contribution in [-0.4, -0.2) is 32.6 Å². The summed E-state index contributed by atoms with van der Waals surface area (Å²) in [6.07, 6.45) is -11.4. The predicted molar refractivity (Wildman–Crippen MR) is 118 cm³/mol. The summed E-state index contributed by atoms with van der Waals surface area (Å²) in [4.78, 5) is 39.8. The van der Waals surface area contributed by atoms with Gasteiger partial charge in [0.25, 0.3) is 17.7 Å². The molecule has 1 atom stereocenters. The van der Waals surface area contributed by atoms with Crippen LogP contribution in [0.2, 0.25) is 0 Å². The molecular weight excluding hydrogens is 556 g/mol. The first-order valence-corrected chi connectivity index (χ1v) is 11.3. The lowest BCUT2D eigenvalue weighted by Gasteiger charge is -2.21. The number of alkyl halides is 6. The van der Waals surface area contributed by atoms with Crippen molar-refractivity contribution in [1.29, 1.82) is 0 Å². The highest BCUT2D eigenvalue weighted by molar-refractivity contribution is 6.22. The van der Waals surface area contributed by atoms with E-state index in [4.69, 9.17) is 0 Å². The van der Waals surface area contributed by atoms with Gasteiger partial charge in [-0.1, -0.05) is 24.3 Å². The quantitative estimate of drug-likeness (QED) is 0.335. The molecule has 40 heavy (non-hydrogen) atoms. The van der Waals surface area contributed by atoms with E-state index in [1.165, 1.54) is 0 Å². The molecule has 3 amide bonds. The maximum atomic E-state index is 15.5. The summed E-state index contributed by atoms with van der Waals surface area (Å²) in [5.41, 5.74) is -5.95. The smallest absolute Gasteiger partial charge is 0.369 e. The average Bonchev–Trinajstić information content (AvgIpc) is 3.28. The van der Waals surface area contributed by atoms with Gasteiger partial charge in [-0.2, -0.15) is 26.3 Å². The Morgan fingerprint density at radius 1 is 0.625 bits per heavy atom. The van der Waals surface area contributed by atoms with E-state index >= 15 is 8.78 Å². The molecule has 3 aromatic carbocycles. The second-order valence-corrected chi connectivity index (χ2v) is 9.06. The Morgan fingerprint density at radius 3 is 1.50 bits per heavy atom. The molecule has 1 unspecified atom stereocenters. The van der Waals surface area contributed by atoms with E-state index in [1.807, 2.05) is 0 Å². The van der Waals surface area contributed by atoms with Crippen LogP contribution < -0.4 is 0 Å². The number of amides is 3. The van der Waals surface area contributed by atoms with Crippen molar-refractivity contribution in [3.8, 4) is 0 Å². The third-order valence-corrected chi connectivity index (χ3v) is 6.62. The second-order valence-electron chi connectivity index (χ2n) is 9.06. The zero-order chi connectivity index (χ0) is 29.3. The summed E-state index contributed by atoms with van der Waals surface area (Å²) in [5.74, 6) is -7.08. The van der Waals surface area contributed by atoms with E-state index in [2.05, 4.69) is 0 Å². The van der Waals surface area contributed by atoms with Crippen molar-refractivity contribution in [1.82, 2.24) is 9.80 Å². The number of fused-ring (bicyclic) bond motifs is 2. The van der Waals surface area contributed by atoms with Crippen LogP contribution in [0.15, 0.2) is 48.5 Å². The number of hydrogen-bond acceptors (Lipinski definition) is 4. The summed E-state index contributed by atoms with van der Waals surface area (Å²) < 4.78 is 108. The van der Waals surface area contributed by atoms with E-state index in [9.17, 15) is 45.8 Å². The molecule has 0 spiro atoms. The number of rotatable bonds is 4. The lowest BCUT2D eigenvalue weighted by Crippen LogP contribution is -2.30. The van der Waals surface area contributed by atoms with Gasteiger partial charge in [0, 0.05) is 6.54 Å². The SMILES string of the molecule is O=C1c2c(F)c3c(c(F)c2C(=O)N1Cc1ccc(C(F)(F)F)cc1)C(O)N(Cc1ccc(C(F)(F)F)cc1)C3=O. The number of benzene rings is 3. The summed E-state index contributed by atoms with van der Waals surface area (Å²) in [6, 6.07) is 6.79. The van der Waals surface area contributed by atoms with Crippen LogP contribution >= 0.6 is 0 Å². The van der Waals surface area contributed by atoms with Crippen LogP contribution in [0, 0.1) is 11.6 Å². The highest BCUT2D eigenvalue weighted by Gasteiger charge is 2.49. The standard InChI is InChI=1S/C26H14F8N2O4/c27-19-15-16(22(38)35(21(15)37)9-11-1-5-13(6-2-11)25(29,30)31)20(28)18-17(19)23(39)36(24(18)40)10-12-3-7-14(8-4-12)26(32,33)34/h1-8,21,37H,9-10H2. The van der Waals surface area contributed by atoms with Gasteiger partial charge in [-0.15, -0.1) is 0 Å². The van der Waals surface area contributed by atoms with Gasteiger partial charge in [0.15, 0.2) is 6.23 Å². The van der Waals surface area contributed by atoms with E-state index < -0.39 is 94.4 Å². The zero-order valence-electron chi connectivity index (χ0n) is 19.7. The van der Waals surface area contributed by atoms with Crippen LogP contribution in [0.25, 0.3) is 0 Å². The number of carbonyl (C=O) groups is 3. The minimum Gasteiger partial charge on any atom is -0.369 e. The van der Waals surface area contributed by atoms with Crippen LogP contribution in [0.4, 0.5) is 35.1 Å². The zero-order valence-corrected chi connectivity index (χ0v) is 19.7. The molecule has 0 aliphatic carbocycles. The Hall–Kier alpha value is -4.33. The maximum Gasteiger partial charge on any atom is 0.416 e. The Bertz CT molecular complexity index is 1560. The Labute approximate surface area is 219 Å². The van der Waals surface area contributed by atoms with E-state index in [0.717, 1.165) is 24.3 Å². The first-order chi connectivity index (χ1) is 18.6. The highest BCUT2D eigenvalue weighted by atomic mass is 19.4. The fraction of sp³-hybridized carbons (Fsp3) is 0.192. The van der Waals surface area contributed by atoms with Gasteiger partial charge in [0.2, 0.25) is 0 Å². The number of halogens is 8. The van der Waals surface area contributed by atoms with Gasteiger partial charge >= 0.3 is 12.4 Å². The number of aliphatic hydroxyl groups excluding tert-OH is 1. The molecule has 2 heterocycles. The van der Waals surface area contributed by atoms with Crippen LogP contribution in [0.3, 0.4) is 0 Å². The number of nitrogens with zero attached hydrogens (tertiary/aromatic N) is 2. The van der Waals surface area contributed by atoms with Crippen LogP contribution in [-0.2, 0) is 25.4 Å². The fourth-order valence-corrected chi connectivity index (χ4v) is 4.61. The lowest BCUT2D eigenvalue weighted by molar-refractivity contribution is -0.138. The largest absolute Gasteiger partial charge is 0.416 e. The van der Waals surface area contributed by atoms with Gasteiger partial charge < -0.3 is 10.0 Å². The molecule has 0 saturated heterocycles. The maximum absolute atomic E-state index is 15.5. The summed E-state index contributed by atoms with van der Waals surface area (Å²) in [6.45, 7) is -1.19. The molecule has 1 N–H and O–H groups in total. The number of imide groups is 1. The molecule has 0 radical (unpaired) electrons. The monoisotopic (exact) mass is 570 g/mol. The molecule has 0 bridgehead atoms. The minimum absolute atomic E-state index is 0.0368. The van der Waals surface area contributed by atoms with Gasteiger partial charge in [0.05, 0.1) is 39.9 Å². The minimum atomic E-state index is -4.64. The molecular formula is C26H14F8N2O4. The third kappa shape index (κ3) is 4.28. The molecule has 2 aliphatic heterocycles. The van der Waals surface area contributed by atoms with Crippen molar-refractivity contribution in [2.45, 2.75) is 31.7 Å². The molecule has 5 rings (SSSR count). The number of hydrogen-bond donors (Lipinski definition) is 1. The molecule has 208 valence electrons. The summed E-state index contributed by atoms with van der Waals surface area (Å²) >= 11 is 0. The topological polar surface area (TPSA) is 77.9 Å². The second kappa shape index (κ2) is 9.11. The fourth-order valence-electron chi connectivity index (χ4n) is 4.61. The van der Waals surface area contributed by atoms with E-state index in [0.29, 0.717) is 34.1 Å². The Balaban J connectivity index is 1.45. The normalized spacial score (nSPS) is 17.1. The van der Waals surface area contributed by atoms with E-state index in [1.54, 1.807) is 0 Å². The number of carbonyl (C=O) groups excluding carboxylic acids is 3. The lowest BCUT2D eigenvalue weighted by atomic mass is 9.98. The van der Waals surface area contributed by atoms with Gasteiger partial charge in [-0.3, -0.25) is 19.3 Å². The molecule has 0 fully saturated rings. The molecule has 0 saturated carbocycles. The Kier molecular flexibility index (Phi) is 6.21. The molecule has 2 aliphatic rings. The Morgan fingerprint density at radius 2 is 1.05 bits per heavy atom. The van der Waals surface area contributed by atoms with Crippen LogP contribution in [0.1, 0.15) is 65.1 Å². The highest BCUT2D eigenvalue weighted by Crippen LogP contribution is 2.42. The van der Waals surface area contributed by atoms with Crippen molar-refractivity contribution in [3.63, 3.8) is 0 Å². The van der Waals surface area contributed by atoms with Crippen LogP contribution in [0.5, 0.6) is 0 Å². The summed E-state index contributed by atoms with van der Waals surface area (Å²) in [7, 11) is 0. The summed E-state index contributed by atoms with van der Waals surface area (Å²) in [5, 5.41) is 10.7. The first kappa shape index (κ1) is 27.2. The van der Waals surface area contributed by atoms with E-state index in [-0.39, 0.29) is 11.1 Å². The van der Waals surface area contributed by atoms with Gasteiger partial charge in [-0.25, -0.2) is 8.78 Å². The average molecular weight is 570 g/mol. The first-order valence-electron chi connectivity index (χ1n) is 11.3. The molecule has 3 aromatic rings. The van der Waals surface area contributed by atoms with Crippen molar-refractivity contribution >= 4 is 17.7 Å². The van der Waals surface area contributed by atoms with Crippen molar-refractivity contribution in [3.05, 3.63) is 105 Å². The molecule has 14 heteroatoms. The number of aliphatic hydroxyl groups is 1. The van der Waals surface area contributed by atoms with Gasteiger partial charge in [0.1, 0.15) is 11.6 Å². The third-order valence-electron chi connectivity index (χ3n) is 6.62. The predicted octanol–water partition coefficient (Wildman–Crippen LogP) is 5.45. The van der Waals surface area contributed by atoms with Crippen molar-refractivity contribution < 1.29 is 54.6 Å². The molecule has 6 nitrogen and oxygen atoms in total. The molecule has 0 aromatic heterocycles. The van der Waals surface area contributed by atoms with Crippen molar-refractivity contribution in [2.75, 3.05) is 0 Å².